The molecule has 0 unspecified atom stereocenters. The van der Waals surface area contributed by atoms with Crippen LogP contribution in [0.25, 0.3) is 0 Å². The fourth-order valence-electron chi connectivity index (χ4n) is 2.45. The molecular weight excluding hydrogens is 305 g/mol. The maximum atomic E-state index is 11.7. The molecular formula is C11H10NO4PS2. The molecule has 100 valence electrons. The zero-order chi connectivity index (χ0) is 13.7. The summed E-state index contributed by atoms with van der Waals surface area (Å²) in [6, 6.07) is 8.86. The Hall–Kier alpha value is -1.01. The first-order valence-corrected chi connectivity index (χ1v) is 8.39. The first kappa shape index (κ1) is 13.0. The number of fused-ring (bicyclic) bond motifs is 1. The van der Waals surface area contributed by atoms with Crippen molar-refractivity contribution >= 4 is 53.2 Å². The molecule has 0 atom stereocenters. The molecule has 2 aliphatic heterocycles. The molecule has 2 saturated heterocycles. The van der Waals surface area contributed by atoms with E-state index in [-0.39, 0.29) is 17.0 Å². The van der Waals surface area contributed by atoms with Gasteiger partial charge in [0, 0.05) is 0 Å². The number of hydrogen-bond acceptors (Lipinski definition) is 6. The summed E-state index contributed by atoms with van der Waals surface area (Å²) in [6.45, 7) is -0.0295. The SMILES string of the molecule is O=C1CN2CC(=O)OP2(C(=S)S)(c2ccccc2)O1. The average molecular weight is 315 g/mol. The standard InChI is InChI=1S/C11H10NO4PS2/c13-9-6-12-7-10(14)16-17(12,15-9,11(18)19)8-4-2-1-3-5-8/h1-5H,6-7H2,(H,18,19). The van der Waals surface area contributed by atoms with Crippen molar-refractivity contribution in [2.45, 2.75) is 0 Å². The average Bonchev–Trinajstić information content (AvgIpc) is 2.79. The Bertz CT molecular complexity index is 586. The molecule has 2 aliphatic rings. The van der Waals surface area contributed by atoms with E-state index in [2.05, 4.69) is 12.6 Å². The van der Waals surface area contributed by atoms with Crippen molar-refractivity contribution in [2.75, 3.05) is 13.1 Å². The third-order valence-electron chi connectivity index (χ3n) is 3.23. The van der Waals surface area contributed by atoms with E-state index >= 15 is 0 Å². The van der Waals surface area contributed by atoms with E-state index in [9.17, 15) is 9.59 Å². The van der Waals surface area contributed by atoms with Crippen molar-refractivity contribution < 1.29 is 18.6 Å². The Morgan fingerprint density at radius 1 is 1.16 bits per heavy atom. The Morgan fingerprint density at radius 3 is 2.16 bits per heavy atom. The van der Waals surface area contributed by atoms with Gasteiger partial charge in [-0.2, -0.15) is 0 Å². The van der Waals surface area contributed by atoms with Crippen LogP contribution in [0.3, 0.4) is 0 Å². The molecule has 0 radical (unpaired) electrons. The van der Waals surface area contributed by atoms with Gasteiger partial charge in [0.05, 0.1) is 0 Å². The number of thiocarbonyl (C=S) groups is 1. The van der Waals surface area contributed by atoms with Gasteiger partial charge < -0.3 is 0 Å². The van der Waals surface area contributed by atoms with Crippen LogP contribution in [0.5, 0.6) is 0 Å². The molecule has 5 nitrogen and oxygen atoms in total. The maximum absolute atomic E-state index is 11.7. The number of carbonyl (C=O) groups is 2. The van der Waals surface area contributed by atoms with Crippen molar-refractivity contribution in [3.8, 4) is 0 Å². The third-order valence-corrected chi connectivity index (χ3v) is 9.53. The van der Waals surface area contributed by atoms with Crippen molar-refractivity contribution in [3.05, 3.63) is 30.3 Å². The summed E-state index contributed by atoms with van der Waals surface area (Å²) < 4.78 is 12.8. The molecule has 0 aliphatic carbocycles. The van der Waals surface area contributed by atoms with Gasteiger partial charge in [-0.05, 0) is 0 Å². The van der Waals surface area contributed by atoms with Gasteiger partial charge in [0.2, 0.25) is 0 Å². The van der Waals surface area contributed by atoms with E-state index in [0.717, 1.165) is 0 Å². The van der Waals surface area contributed by atoms with Gasteiger partial charge in [-0.15, -0.1) is 0 Å². The number of nitrogens with zero attached hydrogens (tertiary/aromatic N) is 1. The summed E-state index contributed by atoms with van der Waals surface area (Å²) in [7, 11) is -3.99. The van der Waals surface area contributed by atoms with Gasteiger partial charge >= 0.3 is 120 Å². The summed E-state index contributed by atoms with van der Waals surface area (Å²) in [5, 5.41) is 0.588. The molecule has 8 heteroatoms. The second-order valence-corrected chi connectivity index (χ2v) is 9.82. The number of carbonyl (C=O) groups excluding carboxylic acids is 2. The van der Waals surface area contributed by atoms with E-state index in [0.29, 0.717) is 5.30 Å². The minimum atomic E-state index is -3.99. The van der Waals surface area contributed by atoms with Crippen LogP contribution in [0, 0.1) is 0 Å². The molecule has 1 aromatic carbocycles. The van der Waals surface area contributed by atoms with Crippen LogP contribution in [-0.4, -0.2) is 33.6 Å². The summed E-state index contributed by atoms with van der Waals surface area (Å²) in [5.41, 5.74) is 0. The third kappa shape index (κ3) is 1.47. The molecule has 0 saturated carbocycles. The van der Waals surface area contributed by atoms with Crippen molar-refractivity contribution in [1.29, 1.82) is 0 Å². The van der Waals surface area contributed by atoms with E-state index < -0.39 is 19.1 Å². The van der Waals surface area contributed by atoms with Crippen molar-refractivity contribution in [2.24, 2.45) is 0 Å². The molecule has 0 amide bonds. The molecule has 2 fully saturated rings. The van der Waals surface area contributed by atoms with Gasteiger partial charge in [-0.25, -0.2) is 0 Å². The van der Waals surface area contributed by atoms with Crippen LogP contribution >= 0.6 is 32.1 Å². The van der Waals surface area contributed by atoms with Crippen molar-refractivity contribution in [3.63, 3.8) is 0 Å². The predicted octanol–water partition coefficient (Wildman–Crippen LogP) is 1.24. The number of benzene rings is 1. The number of rotatable bonds is 2. The van der Waals surface area contributed by atoms with Crippen molar-refractivity contribution in [1.82, 2.24) is 4.67 Å². The quantitative estimate of drug-likeness (QED) is 0.503. The van der Waals surface area contributed by atoms with Gasteiger partial charge in [-0.3, -0.25) is 0 Å². The van der Waals surface area contributed by atoms with Crippen LogP contribution in [0.1, 0.15) is 0 Å². The predicted molar refractivity (Wildman–Crippen MR) is 78.3 cm³/mol. The van der Waals surface area contributed by atoms with Gasteiger partial charge in [0.15, 0.2) is 0 Å². The van der Waals surface area contributed by atoms with Gasteiger partial charge in [0.25, 0.3) is 0 Å². The molecule has 3 rings (SSSR count). The fraction of sp³-hybridized carbons (Fsp3) is 0.182. The zero-order valence-electron chi connectivity index (χ0n) is 9.68. The Kier molecular flexibility index (Phi) is 2.73. The summed E-state index contributed by atoms with van der Waals surface area (Å²) in [5.74, 6) is -0.907. The summed E-state index contributed by atoms with van der Waals surface area (Å²) >= 11 is 9.44. The minimum absolute atomic E-state index is 0.0147. The molecule has 2 heterocycles. The molecule has 0 N–H and O–H groups in total. The van der Waals surface area contributed by atoms with Crippen LogP contribution in [-0.2, 0) is 18.6 Å². The van der Waals surface area contributed by atoms with E-state index in [1.165, 1.54) is 0 Å². The molecule has 0 bridgehead atoms. The topological polar surface area (TPSA) is 55.8 Å². The number of thiol groups is 1. The summed E-state index contributed by atoms with van der Waals surface area (Å²) in [6.07, 6.45) is 0. The molecule has 1 aromatic rings. The molecule has 0 aromatic heterocycles. The monoisotopic (exact) mass is 315 g/mol. The molecule has 19 heavy (non-hydrogen) atoms. The second kappa shape index (κ2) is 3.99. The van der Waals surface area contributed by atoms with E-state index in [1.54, 1.807) is 28.9 Å². The normalized spacial score (nSPS) is 25.8. The van der Waals surface area contributed by atoms with E-state index in [1.807, 2.05) is 6.07 Å². The zero-order valence-corrected chi connectivity index (χ0v) is 12.3. The van der Waals surface area contributed by atoms with Gasteiger partial charge in [-0.1, -0.05) is 0 Å². The van der Waals surface area contributed by atoms with Crippen LogP contribution < -0.4 is 5.30 Å². The first-order valence-electron chi connectivity index (χ1n) is 5.51. The first-order chi connectivity index (χ1) is 8.98. The second-order valence-electron chi connectivity index (χ2n) is 4.28. The fourth-order valence-corrected chi connectivity index (χ4v) is 8.05. The Labute approximate surface area is 120 Å². The summed E-state index contributed by atoms with van der Waals surface area (Å²) in [4.78, 5) is 23.5. The Balaban J connectivity index is 2.32. The van der Waals surface area contributed by atoms with E-state index in [4.69, 9.17) is 21.3 Å². The molecule has 0 spiro atoms. The number of hydrogen-bond donors (Lipinski definition) is 1. The van der Waals surface area contributed by atoms with Gasteiger partial charge in [0.1, 0.15) is 0 Å². The van der Waals surface area contributed by atoms with Crippen LogP contribution in [0.2, 0.25) is 0 Å². The Morgan fingerprint density at radius 2 is 1.68 bits per heavy atom. The van der Waals surface area contributed by atoms with Crippen LogP contribution in [0.15, 0.2) is 30.3 Å². The van der Waals surface area contributed by atoms with Crippen LogP contribution in [0.4, 0.5) is 0 Å².